The number of methoxy groups -OCH3 is 2. The van der Waals surface area contributed by atoms with Crippen LogP contribution in [0.15, 0.2) is 10.6 Å². The number of aliphatic imine (C=N–C) groups is 1. The average Bonchev–Trinajstić information content (AvgIpc) is 2.78. The van der Waals surface area contributed by atoms with Crippen LogP contribution in [0.5, 0.6) is 0 Å². The van der Waals surface area contributed by atoms with Gasteiger partial charge in [0.1, 0.15) is 5.94 Å². The van der Waals surface area contributed by atoms with E-state index in [1.54, 1.807) is 14.2 Å². The molecule has 0 aromatic rings. The summed E-state index contributed by atoms with van der Waals surface area (Å²) in [5.41, 5.74) is 0.545. The molecule has 1 fully saturated rings. The minimum atomic E-state index is -0.961. The molecular weight excluding hydrogens is 438 g/mol. The summed E-state index contributed by atoms with van der Waals surface area (Å²) in [6, 6.07) is 0. The van der Waals surface area contributed by atoms with Crippen LogP contribution in [-0.4, -0.2) is 54.8 Å². The van der Waals surface area contributed by atoms with E-state index in [-0.39, 0.29) is 47.2 Å². The Kier molecular flexibility index (Phi) is 12.4. The summed E-state index contributed by atoms with van der Waals surface area (Å²) in [6.45, 7) is 22.2. The Bertz CT molecular complexity index is 739. The second kappa shape index (κ2) is 13.5. The topological polar surface area (TPSA) is 68.1 Å². The average molecular weight is 494 g/mol. The normalized spacial score (nSPS) is 41.6. The molecular formula is C30H55NO4. The minimum Gasteiger partial charge on any atom is -0.390 e. The molecule has 9 atom stereocenters. The molecule has 1 aliphatic rings. The molecule has 0 bridgehead atoms. The fourth-order valence-corrected chi connectivity index (χ4v) is 6.45. The quantitative estimate of drug-likeness (QED) is 0.450. The zero-order valence-corrected chi connectivity index (χ0v) is 24.8. The first-order chi connectivity index (χ1) is 16.2. The van der Waals surface area contributed by atoms with Gasteiger partial charge in [0.05, 0.1) is 17.3 Å². The van der Waals surface area contributed by atoms with Crippen LogP contribution >= 0.6 is 0 Å². The Morgan fingerprint density at radius 3 is 2.14 bits per heavy atom. The summed E-state index contributed by atoms with van der Waals surface area (Å²) >= 11 is 0. The summed E-state index contributed by atoms with van der Waals surface area (Å²) in [5.74, 6) is 3.03. The highest BCUT2D eigenvalue weighted by molar-refractivity contribution is 5.89. The third-order valence-corrected chi connectivity index (χ3v) is 9.06. The molecule has 3 unspecified atom stereocenters. The van der Waals surface area contributed by atoms with Gasteiger partial charge in [0.15, 0.2) is 0 Å². The molecule has 5 heteroatoms. The second-order valence-electron chi connectivity index (χ2n) is 12.3. The van der Waals surface area contributed by atoms with Gasteiger partial charge in [0.25, 0.3) is 0 Å². The number of nitrogens with zero attached hydrogens (tertiary/aromatic N) is 1. The van der Waals surface area contributed by atoms with E-state index in [4.69, 9.17) is 14.5 Å². The van der Waals surface area contributed by atoms with E-state index in [2.05, 4.69) is 68.3 Å². The molecule has 1 aliphatic carbocycles. The molecule has 1 N–H and O–H groups in total. The van der Waals surface area contributed by atoms with Gasteiger partial charge < -0.3 is 14.6 Å². The van der Waals surface area contributed by atoms with Crippen LogP contribution in [0.2, 0.25) is 0 Å². The molecule has 0 saturated heterocycles. The lowest BCUT2D eigenvalue weighted by Crippen LogP contribution is -2.48. The van der Waals surface area contributed by atoms with Gasteiger partial charge in [-0.05, 0) is 68.6 Å². The Morgan fingerprint density at radius 1 is 1.09 bits per heavy atom. The Hall–Kier alpha value is -1.00. The molecule has 1 saturated carbocycles. The monoisotopic (exact) mass is 493 g/mol. The molecule has 0 aliphatic heterocycles. The van der Waals surface area contributed by atoms with Crippen molar-refractivity contribution in [3.05, 3.63) is 5.57 Å². The molecule has 0 spiro atoms. The summed E-state index contributed by atoms with van der Waals surface area (Å²) in [5, 5.41) is 11.9. The molecule has 0 heterocycles. The largest absolute Gasteiger partial charge is 0.390 e. The van der Waals surface area contributed by atoms with Crippen LogP contribution in [0, 0.1) is 41.4 Å². The first kappa shape index (κ1) is 32.0. The molecule has 0 radical (unpaired) electrons. The van der Waals surface area contributed by atoms with Crippen molar-refractivity contribution >= 4 is 11.7 Å². The molecule has 0 aromatic carbocycles. The van der Waals surface area contributed by atoms with Gasteiger partial charge in [0.2, 0.25) is 0 Å². The van der Waals surface area contributed by atoms with E-state index < -0.39 is 5.60 Å². The van der Waals surface area contributed by atoms with E-state index >= 15 is 0 Å². The van der Waals surface area contributed by atoms with Crippen LogP contribution in [-0.2, 0) is 14.3 Å². The van der Waals surface area contributed by atoms with Crippen molar-refractivity contribution in [3.63, 3.8) is 0 Å². The summed E-state index contributed by atoms with van der Waals surface area (Å²) < 4.78 is 12.1. The Morgan fingerprint density at radius 2 is 1.69 bits per heavy atom. The van der Waals surface area contributed by atoms with Gasteiger partial charge in [-0.2, -0.15) is 0 Å². The Labute approximate surface area is 216 Å². The van der Waals surface area contributed by atoms with Gasteiger partial charge in [-0.15, -0.1) is 0 Å². The van der Waals surface area contributed by atoms with Crippen LogP contribution in [0.25, 0.3) is 0 Å². The molecule has 204 valence electrons. The fraction of sp³-hybridized carbons (Fsp3) is 0.900. The van der Waals surface area contributed by atoms with Crippen molar-refractivity contribution in [3.8, 4) is 0 Å². The fourth-order valence-electron chi connectivity index (χ4n) is 6.45. The van der Waals surface area contributed by atoms with E-state index in [1.165, 1.54) is 0 Å². The maximum absolute atomic E-state index is 12.2. The third-order valence-electron chi connectivity index (χ3n) is 9.06. The predicted octanol–water partition coefficient (Wildman–Crippen LogP) is 6.40. The number of hydrogen-bond donors (Lipinski definition) is 1. The lowest BCUT2D eigenvalue weighted by atomic mass is 9.66. The number of carbonyl (C=O) groups excluding carboxylic acids is 1. The van der Waals surface area contributed by atoms with Crippen molar-refractivity contribution in [2.75, 3.05) is 20.8 Å². The van der Waals surface area contributed by atoms with Gasteiger partial charge in [-0.3, -0.25) is 4.99 Å². The Balaban J connectivity index is 3.69. The number of aliphatic hydroxyl groups is 1. The SMILES string of the molecule is CC[C@H]1CC(=C=O)C(C)[C@@H](OC)[C@H](C)C[C@](C)(OC)C[C@@H](C)C(=NCC(C)C)C(C)C(C)[C@]1(C)O. The lowest BCUT2D eigenvalue weighted by Gasteiger charge is -2.44. The van der Waals surface area contributed by atoms with Crippen LogP contribution in [0.1, 0.15) is 94.9 Å². The maximum atomic E-state index is 12.2. The van der Waals surface area contributed by atoms with Gasteiger partial charge in [-0.25, -0.2) is 4.79 Å². The van der Waals surface area contributed by atoms with Crippen molar-refractivity contribution in [2.24, 2.45) is 46.4 Å². The minimum absolute atomic E-state index is 0.0297. The van der Waals surface area contributed by atoms with Crippen molar-refractivity contribution in [2.45, 2.75) is 112 Å². The van der Waals surface area contributed by atoms with Crippen LogP contribution in [0.4, 0.5) is 0 Å². The number of rotatable bonds is 5. The number of ether oxygens (including phenoxy) is 2. The summed E-state index contributed by atoms with van der Waals surface area (Å²) in [4.78, 5) is 17.3. The number of hydrogen-bond acceptors (Lipinski definition) is 5. The molecule has 1 rings (SSSR count). The van der Waals surface area contributed by atoms with E-state index in [1.807, 2.05) is 6.92 Å². The highest BCUT2D eigenvalue weighted by Crippen LogP contribution is 2.42. The standard InChI is InChI=1S/C30H55NO4/c1-13-26-14-25(18-32)23(7)28(34-11)21(5)16-29(9,35-12)15-20(4)27(31-17-19(2)3)22(6)24(8)30(26,10)33/h19-24,26,28,33H,13-17H2,1-12H3/t20-,21-,22?,23?,24?,26+,28+,29-,30+/m1/s1. The molecule has 0 amide bonds. The molecule has 35 heavy (non-hydrogen) atoms. The zero-order chi connectivity index (χ0) is 27.1. The first-order valence-electron chi connectivity index (χ1n) is 13.8. The van der Waals surface area contributed by atoms with E-state index in [0.717, 1.165) is 31.5 Å². The van der Waals surface area contributed by atoms with E-state index in [0.29, 0.717) is 17.9 Å². The van der Waals surface area contributed by atoms with E-state index in [9.17, 15) is 9.90 Å². The molecule has 0 aromatic heterocycles. The first-order valence-corrected chi connectivity index (χ1v) is 13.8. The lowest BCUT2D eigenvalue weighted by molar-refractivity contribution is -0.0673. The van der Waals surface area contributed by atoms with Gasteiger partial charge in [0, 0.05) is 38.0 Å². The summed E-state index contributed by atoms with van der Waals surface area (Å²) in [6.07, 6.45) is 2.83. The smallest absolute Gasteiger partial charge is 0.123 e. The van der Waals surface area contributed by atoms with Crippen LogP contribution < -0.4 is 0 Å². The second-order valence-corrected chi connectivity index (χ2v) is 12.3. The van der Waals surface area contributed by atoms with Crippen molar-refractivity contribution in [1.82, 2.24) is 0 Å². The highest BCUT2D eigenvalue weighted by Gasteiger charge is 2.44. The highest BCUT2D eigenvalue weighted by atomic mass is 16.5. The van der Waals surface area contributed by atoms with Crippen molar-refractivity contribution < 1.29 is 19.4 Å². The van der Waals surface area contributed by atoms with Crippen LogP contribution in [0.3, 0.4) is 0 Å². The van der Waals surface area contributed by atoms with Gasteiger partial charge >= 0.3 is 0 Å². The summed E-state index contributed by atoms with van der Waals surface area (Å²) in [7, 11) is 3.52. The predicted molar refractivity (Wildman–Crippen MR) is 147 cm³/mol. The molecule has 5 nitrogen and oxygen atoms in total. The van der Waals surface area contributed by atoms with Crippen molar-refractivity contribution in [1.29, 1.82) is 0 Å². The maximum Gasteiger partial charge on any atom is 0.123 e. The van der Waals surface area contributed by atoms with Gasteiger partial charge in [-0.1, -0.05) is 61.8 Å². The third kappa shape index (κ3) is 7.99. The zero-order valence-electron chi connectivity index (χ0n) is 24.8.